The molecule has 144 valence electrons. The van der Waals surface area contributed by atoms with Crippen LogP contribution in [0.4, 0.5) is 9.59 Å². The van der Waals surface area contributed by atoms with E-state index in [9.17, 15) is 19.5 Å². The molecule has 0 saturated carbocycles. The van der Waals surface area contributed by atoms with Crippen LogP contribution in [0.3, 0.4) is 0 Å². The molecule has 0 bridgehead atoms. The maximum Gasteiger partial charge on any atom is 0.419 e. The normalized spacial score (nSPS) is 13.2. The Hall–Kier alpha value is -2.09. The van der Waals surface area contributed by atoms with Crippen LogP contribution in [0.15, 0.2) is 12.7 Å². The van der Waals surface area contributed by atoms with Crippen LogP contribution in [0.5, 0.6) is 0 Å². The number of carbonyl (C=O) groups is 3. The third-order valence-corrected chi connectivity index (χ3v) is 3.18. The minimum absolute atomic E-state index is 0.0346. The van der Waals surface area contributed by atoms with E-state index in [1.165, 1.54) is 6.08 Å². The van der Waals surface area contributed by atoms with Crippen LogP contribution in [0.1, 0.15) is 34.1 Å². The fraction of sp³-hybridized carbons (Fsp3) is 0.706. The van der Waals surface area contributed by atoms with Crippen molar-refractivity contribution < 1.29 is 34.1 Å². The molecule has 25 heavy (non-hydrogen) atoms. The van der Waals surface area contributed by atoms with Gasteiger partial charge >= 0.3 is 18.2 Å². The van der Waals surface area contributed by atoms with Gasteiger partial charge in [-0.2, -0.15) is 0 Å². The Labute approximate surface area is 148 Å². The van der Waals surface area contributed by atoms with E-state index < -0.39 is 36.7 Å². The minimum Gasteiger partial charge on any atom is -0.481 e. The first-order valence-electron chi connectivity index (χ1n) is 8.24. The van der Waals surface area contributed by atoms with E-state index in [1.54, 1.807) is 0 Å². The molecule has 8 nitrogen and oxygen atoms in total. The summed E-state index contributed by atoms with van der Waals surface area (Å²) < 4.78 is 10.1. The van der Waals surface area contributed by atoms with Gasteiger partial charge in [0.1, 0.15) is 0 Å². The summed E-state index contributed by atoms with van der Waals surface area (Å²) in [4.78, 5) is 36.8. The first-order valence-corrected chi connectivity index (χ1v) is 8.24. The number of carbonyl (C=O) groups excluding carboxylic acids is 2. The highest BCUT2D eigenvalue weighted by atomic mass is 16.6. The summed E-state index contributed by atoms with van der Waals surface area (Å²) in [5.41, 5.74) is 0. The van der Waals surface area contributed by atoms with E-state index in [1.807, 2.05) is 27.7 Å². The van der Waals surface area contributed by atoms with Crippen LogP contribution in [-0.2, 0) is 14.3 Å². The Balaban J connectivity index is 5.55. The Morgan fingerprint density at radius 2 is 1.48 bits per heavy atom. The summed E-state index contributed by atoms with van der Waals surface area (Å²) in [5, 5.41) is 18.5. The largest absolute Gasteiger partial charge is 0.481 e. The predicted octanol–water partition coefficient (Wildman–Crippen LogP) is 2.51. The molecule has 0 aromatic carbocycles. The number of ether oxygens (including phenoxy) is 2. The van der Waals surface area contributed by atoms with Crippen molar-refractivity contribution in [3.8, 4) is 0 Å². The summed E-state index contributed by atoms with van der Waals surface area (Å²) in [6.07, 6.45) is -0.993. The molecule has 0 aliphatic carbocycles. The maximum absolute atomic E-state index is 12.4. The zero-order chi connectivity index (χ0) is 19.6. The monoisotopic (exact) mass is 359 g/mol. The van der Waals surface area contributed by atoms with Crippen molar-refractivity contribution in [2.45, 2.75) is 40.2 Å². The Morgan fingerprint density at radius 3 is 1.76 bits per heavy atom. The third-order valence-electron chi connectivity index (χ3n) is 3.18. The van der Waals surface area contributed by atoms with Gasteiger partial charge in [0.15, 0.2) is 0 Å². The predicted molar refractivity (Wildman–Crippen MR) is 91.0 cm³/mol. The summed E-state index contributed by atoms with van der Waals surface area (Å²) >= 11 is 0. The highest BCUT2D eigenvalue weighted by molar-refractivity contribution is 5.89. The number of aliphatic carboxylic acids is 1. The van der Waals surface area contributed by atoms with Crippen molar-refractivity contribution in [2.75, 3.05) is 19.8 Å². The number of amides is 2. The zero-order valence-electron chi connectivity index (χ0n) is 15.3. The molecule has 0 rings (SSSR count). The van der Waals surface area contributed by atoms with Crippen molar-refractivity contribution in [1.82, 2.24) is 4.90 Å². The molecule has 8 heteroatoms. The second-order valence-corrected chi connectivity index (χ2v) is 6.49. The van der Waals surface area contributed by atoms with Crippen LogP contribution in [0.25, 0.3) is 0 Å². The van der Waals surface area contributed by atoms with Crippen LogP contribution in [0.2, 0.25) is 0 Å². The number of nitrogens with zero attached hydrogens (tertiary/aromatic N) is 1. The lowest BCUT2D eigenvalue weighted by atomic mass is 9.95. The van der Waals surface area contributed by atoms with Gasteiger partial charge in [-0.1, -0.05) is 33.8 Å². The van der Waals surface area contributed by atoms with Gasteiger partial charge in [0.05, 0.1) is 25.2 Å². The number of rotatable bonds is 10. The van der Waals surface area contributed by atoms with Gasteiger partial charge in [-0.05, 0) is 18.3 Å². The van der Waals surface area contributed by atoms with Gasteiger partial charge in [0.25, 0.3) is 0 Å². The molecule has 2 N–H and O–H groups in total. The molecule has 0 aromatic heterocycles. The lowest BCUT2D eigenvalue weighted by Gasteiger charge is -2.30. The van der Waals surface area contributed by atoms with Crippen molar-refractivity contribution >= 4 is 18.2 Å². The number of hydrogen-bond acceptors (Lipinski definition) is 6. The van der Waals surface area contributed by atoms with Crippen LogP contribution in [0, 0.1) is 17.8 Å². The lowest BCUT2D eigenvalue weighted by molar-refractivity contribution is -0.143. The van der Waals surface area contributed by atoms with Crippen molar-refractivity contribution in [3.63, 3.8) is 0 Å². The van der Waals surface area contributed by atoms with E-state index in [2.05, 4.69) is 6.58 Å². The minimum atomic E-state index is -1.27. The molecule has 0 aromatic rings. The smallest absolute Gasteiger partial charge is 0.419 e. The molecule has 0 aliphatic rings. The number of aliphatic hydroxyl groups is 1. The molecule has 1 unspecified atom stereocenters. The van der Waals surface area contributed by atoms with E-state index in [-0.39, 0.29) is 31.5 Å². The van der Waals surface area contributed by atoms with Gasteiger partial charge in [-0.25, -0.2) is 14.5 Å². The van der Waals surface area contributed by atoms with E-state index >= 15 is 0 Å². The molecular formula is C17H29NO7. The average Bonchev–Trinajstić information content (AvgIpc) is 2.53. The summed E-state index contributed by atoms with van der Waals surface area (Å²) in [6, 6.07) is -1.20. The molecule has 0 spiro atoms. The van der Waals surface area contributed by atoms with Gasteiger partial charge < -0.3 is 19.7 Å². The van der Waals surface area contributed by atoms with Crippen molar-refractivity contribution in [3.05, 3.63) is 12.7 Å². The van der Waals surface area contributed by atoms with Gasteiger partial charge in [0, 0.05) is 6.61 Å². The SMILES string of the molecule is C=C[C@@H](C(CCO)C(=O)O)N(C(=O)OCC(C)C)C(=O)OCC(C)C. The quantitative estimate of drug-likeness (QED) is 0.576. The highest BCUT2D eigenvalue weighted by Crippen LogP contribution is 2.20. The van der Waals surface area contributed by atoms with E-state index in [4.69, 9.17) is 14.6 Å². The molecule has 0 heterocycles. The molecule has 0 radical (unpaired) electrons. The van der Waals surface area contributed by atoms with Crippen LogP contribution < -0.4 is 0 Å². The lowest BCUT2D eigenvalue weighted by Crippen LogP contribution is -2.50. The second kappa shape index (κ2) is 11.5. The second-order valence-electron chi connectivity index (χ2n) is 6.49. The van der Waals surface area contributed by atoms with E-state index in [0.717, 1.165) is 0 Å². The Kier molecular flexibility index (Phi) is 10.5. The van der Waals surface area contributed by atoms with Gasteiger partial charge in [-0.15, -0.1) is 6.58 Å². The third kappa shape index (κ3) is 8.02. The van der Waals surface area contributed by atoms with Gasteiger partial charge in [0.2, 0.25) is 0 Å². The summed E-state index contributed by atoms with van der Waals surface area (Å²) in [7, 11) is 0. The van der Waals surface area contributed by atoms with Gasteiger partial charge in [-0.3, -0.25) is 4.79 Å². The van der Waals surface area contributed by atoms with Crippen LogP contribution >= 0.6 is 0 Å². The summed E-state index contributed by atoms with van der Waals surface area (Å²) in [5.74, 6) is -2.42. The molecular weight excluding hydrogens is 330 g/mol. The number of hydrogen-bond donors (Lipinski definition) is 2. The highest BCUT2D eigenvalue weighted by Gasteiger charge is 2.39. The summed E-state index contributed by atoms with van der Waals surface area (Å²) in [6.45, 7) is 10.5. The van der Waals surface area contributed by atoms with E-state index in [0.29, 0.717) is 4.90 Å². The first-order chi connectivity index (χ1) is 11.6. The average molecular weight is 359 g/mol. The van der Waals surface area contributed by atoms with Crippen molar-refractivity contribution in [2.24, 2.45) is 17.8 Å². The number of carboxylic acids is 1. The first kappa shape index (κ1) is 22.9. The molecule has 2 amide bonds. The topological polar surface area (TPSA) is 113 Å². The fourth-order valence-electron chi connectivity index (χ4n) is 1.96. The van der Waals surface area contributed by atoms with Crippen LogP contribution in [-0.4, -0.2) is 59.1 Å². The molecule has 2 atom stereocenters. The molecule has 0 aliphatic heterocycles. The number of aliphatic hydroxyl groups excluding tert-OH is 1. The molecule has 0 fully saturated rings. The fourth-order valence-corrected chi connectivity index (χ4v) is 1.96. The Morgan fingerprint density at radius 1 is 1.04 bits per heavy atom. The standard InChI is InChI=1S/C17H29NO7/c1-6-14(13(7-8-19)15(20)21)18(16(22)24-9-11(2)3)17(23)25-10-12(4)5/h6,11-14,19H,1,7-10H2,2-5H3,(H,20,21)/t13?,14-/m0/s1. The Bertz CT molecular complexity index is 438. The number of carboxylic acid groups (broad SMARTS) is 1. The number of imide groups is 1. The molecule has 0 saturated heterocycles. The van der Waals surface area contributed by atoms with Crippen molar-refractivity contribution in [1.29, 1.82) is 0 Å². The zero-order valence-corrected chi connectivity index (χ0v) is 15.3. The maximum atomic E-state index is 12.4.